The molecule has 0 radical (unpaired) electrons. The number of anilines is 1. The first kappa shape index (κ1) is 18.3. The summed E-state index contributed by atoms with van der Waals surface area (Å²) in [6.07, 6.45) is 0. The predicted octanol–water partition coefficient (Wildman–Crippen LogP) is 6.61. The first-order chi connectivity index (χ1) is 13.6. The number of benzene rings is 3. The van der Waals surface area contributed by atoms with Gasteiger partial charge in [0.2, 0.25) is 0 Å². The van der Waals surface area contributed by atoms with Crippen LogP contribution in [-0.4, -0.2) is 13.0 Å². The number of ether oxygens (including phenoxy) is 2. The second-order valence-electron chi connectivity index (χ2n) is 6.00. The van der Waals surface area contributed by atoms with Gasteiger partial charge in [0, 0.05) is 15.8 Å². The van der Waals surface area contributed by atoms with E-state index in [1.165, 1.54) is 11.3 Å². The maximum atomic E-state index is 12.7. The Morgan fingerprint density at radius 2 is 1.61 bits per heavy atom. The summed E-state index contributed by atoms with van der Waals surface area (Å²) in [7, 11) is 1.61. The molecule has 0 spiro atoms. The molecule has 0 aliphatic heterocycles. The topological polar surface area (TPSA) is 47.6 Å². The lowest BCUT2D eigenvalue weighted by molar-refractivity contribution is 0.103. The fourth-order valence-electron chi connectivity index (χ4n) is 2.74. The van der Waals surface area contributed by atoms with E-state index in [0.29, 0.717) is 21.3 Å². The Hall–Kier alpha value is -3.02. The zero-order chi connectivity index (χ0) is 19.5. The van der Waals surface area contributed by atoms with Crippen molar-refractivity contribution in [3.05, 3.63) is 82.7 Å². The number of thiophene rings is 1. The molecule has 1 amide bonds. The molecule has 3 aromatic carbocycles. The molecule has 4 rings (SSSR count). The number of rotatable bonds is 5. The Bertz CT molecular complexity index is 1120. The van der Waals surface area contributed by atoms with Crippen LogP contribution < -0.4 is 14.8 Å². The summed E-state index contributed by atoms with van der Waals surface area (Å²) in [6.45, 7) is 0. The van der Waals surface area contributed by atoms with Crippen LogP contribution in [0.4, 0.5) is 5.69 Å². The molecule has 0 saturated heterocycles. The third-order valence-corrected chi connectivity index (χ3v) is 5.79. The van der Waals surface area contributed by atoms with Crippen LogP contribution in [0.15, 0.2) is 72.8 Å². The van der Waals surface area contributed by atoms with Crippen molar-refractivity contribution in [1.29, 1.82) is 0 Å². The Morgan fingerprint density at radius 1 is 0.929 bits per heavy atom. The highest BCUT2D eigenvalue weighted by atomic mass is 35.5. The minimum atomic E-state index is -0.248. The highest BCUT2D eigenvalue weighted by Gasteiger charge is 2.17. The van der Waals surface area contributed by atoms with E-state index in [0.717, 1.165) is 21.6 Å². The SMILES string of the molecule is COc1ccc2c(Cl)c(C(=O)Nc3ccc(Oc4ccccc4)cc3)sc2c1. The fraction of sp³-hybridized carbons (Fsp3) is 0.0455. The number of halogens is 1. The van der Waals surface area contributed by atoms with Gasteiger partial charge >= 0.3 is 0 Å². The molecule has 1 heterocycles. The molecule has 1 N–H and O–H groups in total. The second kappa shape index (κ2) is 7.92. The molecule has 0 unspecified atom stereocenters. The van der Waals surface area contributed by atoms with Gasteiger partial charge in [0.1, 0.15) is 22.1 Å². The number of carbonyl (C=O) groups excluding carboxylic acids is 1. The highest BCUT2D eigenvalue weighted by molar-refractivity contribution is 7.21. The van der Waals surface area contributed by atoms with Gasteiger partial charge in [-0.3, -0.25) is 4.79 Å². The van der Waals surface area contributed by atoms with Crippen molar-refractivity contribution in [1.82, 2.24) is 0 Å². The van der Waals surface area contributed by atoms with Gasteiger partial charge in [-0.2, -0.15) is 0 Å². The van der Waals surface area contributed by atoms with E-state index in [9.17, 15) is 4.79 Å². The zero-order valence-corrected chi connectivity index (χ0v) is 16.5. The third kappa shape index (κ3) is 3.81. The largest absolute Gasteiger partial charge is 0.497 e. The molecule has 0 saturated carbocycles. The molecule has 6 heteroatoms. The number of methoxy groups -OCH3 is 1. The zero-order valence-electron chi connectivity index (χ0n) is 14.9. The minimum Gasteiger partial charge on any atom is -0.497 e. The van der Waals surface area contributed by atoms with Crippen molar-refractivity contribution in [2.75, 3.05) is 12.4 Å². The molecule has 1 aromatic heterocycles. The molecular formula is C22H16ClNO3S. The summed E-state index contributed by atoms with van der Waals surface area (Å²) in [5, 5.41) is 4.17. The number of hydrogen-bond donors (Lipinski definition) is 1. The number of nitrogens with one attached hydrogen (secondary N) is 1. The molecule has 4 nitrogen and oxygen atoms in total. The Balaban J connectivity index is 1.50. The maximum Gasteiger partial charge on any atom is 0.267 e. The summed E-state index contributed by atoms with van der Waals surface area (Å²) in [5.41, 5.74) is 0.663. The summed E-state index contributed by atoms with van der Waals surface area (Å²) in [4.78, 5) is 13.2. The lowest BCUT2D eigenvalue weighted by atomic mass is 10.2. The fourth-order valence-corrected chi connectivity index (χ4v) is 4.18. The van der Waals surface area contributed by atoms with Gasteiger partial charge in [0.15, 0.2) is 0 Å². The van der Waals surface area contributed by atoms with Crippen molar-refractivity contribution in [3.63, 3.8) is 0 Å². The van der Waals surface area contributed by atoms with Crippen LogP contribution in [0.25, 0.3) is 10.1 Å². The van der Waals surface area contributed by atoms with Crippen molar-refractivity contribution >= 4 is 44.6 Å². The van der Waals surface area contributed by atoms with Crippen LogP contribution in [0.1, 0.15) is 9.67 Å². The molecule has 0 aliphatic rings. The number of fused-ring (bicyclic) bond motifs is 1. The van der Waals surface area contributed by atoms with Gasteiger partial charge in [-0.05, 0) is 54.6 Å². The monoisotopic (exact) mass is 409 g/mol. The number of carbonyl (C=O) groups is 1. The summed E-state index contributed by atoms with van der Waals surface area (Å²) in [6, 6.07) is 22.3. The van der Waals surface area contributed by atoms with E-state index in [1.54, 1.807) is 31.4 Å². The molecule has 140 valence electrons. The van der Waals surface area contributed by atoms with Gasteiger partial charge in [0.05, 0.1) is 12.1 Å². The molecule has 0 bridgehead atoms. The van der Waals surface area contributed by atoms with Crippen molar-refractivity contribution in [2.45, 2.75) is 0 Å². The number of amides is 1. The first-order valence-electron chi connectivity index (χ1n) is 8.54. The Kier molecular flexibility index (Phi) is 5.19. The van der Waals surface area contributed by atoms with E-state index in [4.69, 9.17) is 21.1 Å². The van der Waals surface area contributed by atoms with Crippen LogP contribution >= 0.6 is 22.9 Å². The van der Waals surface area contributed by atoms with E-state index in [-0.39, 0.29) is 5.91 Å². The van der Waals surface area contributed by atoms with Crippen LogP contribution in [0.3, 0.4) is 0 Å². The maximum absolute atomic E-state index is 12.7. The van der Waals surface area contributed by atoms with E-state index in [1.807, 2.05) is 48.5 Å². The van der Waals surface area contributed by atoms with Crippen LogP contribution in [0, 0.1) is 0 Å². The second-order valence-corrected chi connectivity index (χ2v) is 7.43. The lowest BCUT2D eigenvalue weighted by Crippen LogP contribution is -2.10. The summed E-state index contributed by atoms with van der Waals surface area (Å²) in [5.74, 6) is 1.93. The number of para-hydroxylation sites is 1. The van der Waals surface area contributed by atoms with Crippen molar-refractivity contribution in [2.24, 2.45) is 0 Å². The summed E-state index contributed by atoms with van der Waals surface area (Å²) >= 11 is 7.76. The number of hydrogen-bond acceptors (Lipinski definition) is 4. The smallest absolute Gasteiger partial charge is 0.267 e. The Labute approximate surface area is 171 Å². The minimum absolute atomic E-state index is 0.248. The molecule has 0 atom stereocenters. The van der Waals surface area contributed by atoms with E-state index >= 15 is 0 Å². The predicted molar refractivity (Wildman–Crippen MR) is 114 cm³/mol. The van der Waals surface area contributed by atoms with Gasteiger partial charge in [0.25, 0.3) is 5.91 Å². The molecule has 28 heavy (non-hydrogen) atoms. The molecular weight excluding hydrogens is 394 g/mol. The van der Waals surface area contributed by atoms with Crippen LogP contribution in [0.5, 0.6) is 17.2 Å². The quantitative estimate of drug-likeness (QED) is 0.403. The van der Waals surface area contributed by atoms with Crippen LogP contribution in [-0.2, 0) is 0 Å². The van der Waals surface area contributed by atoms with Gasteiger partial charge in [-0.15, -0.1) is 11.3 Å². The molecule has 0 fully saturated rings. The normalized spacial score (nSPS) is 10.6. The van der Waals surface area contributed by atoms with Crippen molar-refractivity contribution < 1.29 is 14.3 Å². The van der Waals surface area contributed by atoms with Crippen molar-refractivity contribution in [3.8, 4) is 17.2 Å². The van der Waals surface area contributed by atoms with Gasteiger partial charge in [-0.25, -0.2) is 0 Å². The van der Waals surface area contributed by atoms with Gasteiger partial charge < -0.3 is 14.8 Å². The third-order valence-electron chi connectivity index (χ3n) is 4.13. The van der Waals surface area contributed by atoms with E-state index < -0.39 is 0 Å². The van der Waals surface area contributed by atoms with Gasteiger partial charge in [-0.1, -0.05) is 29.8 Å². The highest BCUT2D eigenvalue weighted by Crippen LogP contribution is 2.37. The first-order valence-corrected chi connectivity index (χ1v) is 9.74. The standard InChI is InChI=1S/C22H16ClNO3S/c1-26-17-11-12-18-19(13-17)28-21(20(18)23)22(25)24-14-7-9-16(10-8-14)27-15-5-3-2-4-6-15/h2-13H,1H3,(H,24,25). The average molecular weight is 410 g/mol. The summed E-state index contributed by atoms with van der Waals surface area (Å²) < 4.78 is 11.9. The lowest BCUT2D eigenvalue weighted by Gasteiger charge is -2.07. The molecule has 0 aliphatic carbocycles. The molecule has 4 aromatic rings. The van der Waals surface area contributed by atoms with E-state index in [2.05, 4.69) is 5.32 Å². The Morgan fingerprint density at radius 3 is 2.32 bits per heavy atom. The average Bonchev–Trinajstić information content (AvgIpc) is 3.06. The van der Waals surface area contributed by atoms with Crippen LogP contribution in [0.2, 0.25) is 5.02 Å².